The average Bonchev–Trinajstić information content (AvgIpc) is 2.76. The van der Waals surface area contributed by atoms with Crippen LogP contribution in [0.1, 0.15) is 69.2 Å². The highest BCUT2D eigenvalue weighted by atomic mass is 32.2. The smallest absolute Gasteiger partial charge is 0.232 e. The van der Waals surface area contributed by atoms with Crippen molar-refractivity contribution in [3.8, 4) is 11.5 Å². The van der Waals surface area contributed by atoms with Crippen molar-refractivity contribution in [2.75, 3.05) is 30.8 Å². The summed E-state index contributed by atoms with van der Waals surface area (Å²) in [7, 11) is -1.82. The molecule has 0 saturated carbocycles. The Labute approximate surface area is 204 Å². The van der Waals surface area contributed by atoms with E-state index in [9.17, 15) is 13.2 Å². The molecule has 0 aliphatic heterocycles. The van der Waals surface area contributed by atoms with Gasteiger partial charge in [-0.25, -0.2) is 8.42 Å². The fourth-order valence-electron chi connectivity index (χ4n) is 3.95. The molecule has 0 radical (unpaired) electrons. The lowest BCUT2D eigenvalue weighted by atomic mass is 9.93. The van der Waals surface area contributed by atoms with Gasteiger partial charge in [-0.15, -0.1) is 0 Å². The van der Waals surface area contributed by atoms with Crippen LogP contribution in [0.25, 0.3) is 0 Å². The molecule has 0 aromatic heterocycles. The zero-order chi connectivity index (χ0) is 25.5. The molecular weight excluding hydrogens is 452 g/mol. The van der Waals surface area contributed by atoms with Crippen molar-refractivity contribution in [2.24, 2.45) is 0 Å². The quantitative estimate of drug-likeness (QED) is 0.455. The van der Waals surface area contributed by atoms with Crippen LogP contribution >= 0.6 is 0 Å². The van der Waals surface area contributed by atoms with Gasteiger partial charge in [0.25, 0.3) is 0 Å². The Bertz CT molecular complexity index is 1070. The van der Waals surface area contributed by atoms with Gasteiger partial charge in [0.15, 0.2) is 0 Å². The van der Waals surface area contributed by atoms with Crippen LogP contribution in [-0.4, -0.2) is 40.8 Å². The van der Waals surface area contributed by atoms with Crippen LogP contribution in [0.2, 0.25) is 0 Å². The van der Waals surface area contributed by atoms with Gasteiger partial charge in [-0.05, 0) is 86.2 Å². The first-order valence-corrected chi connectivity index (χ1v) is 13.5. The van der Waals surface area contributed by atoms with Crippen LogP contribution in [0, 0.1) is 6.92 Å². The van der Waals surface area contributed by atoms with E-state index in [0.717, 1.165) is 22.4 Å². The van der Waals surface area contributed by atoms with Gasteiger partial charge in [0.05, 0.1) is 31.7 Å². The van der Waals surface area contributed by atoms with Crippen molar-refractivity contribution in [1.29, 1.82) is 0 Å². The van der Waals surface area contributed by atoms with Crippen LogP contribution in [-0.2, 0) is 14.8 Å². The monoisotopic (exact) mass is 490 g/mol. The average molecular weight is 491 g/mol. The van der Waals surface area contributed by atoms with E-state index in [4.69, 9.17) is 9.47 Å². The number of hydrogen-bond acceptors (Lipinski definition) is 5. The zero-order valence-corrected chi connectivity index (χ0v) is 22.2. The number of nitrogens with one attached hydrogen (secondary N) is 1. The largest absolute Gasteiger partial charge is 0.496 e. The fourth-order valence-corrected chi connectivity index (χ4v) is 4.91. The van der Waals surface area contributed by atoms with Crippen LogP contribution in [0.3, 0.4) is 0 Å². The van der Waals surface area contributed by atoms with Crippen LogP contribution in [0.5, 0.6) is 11.5 Å². The molecule has 8 heteroatoms. The Hall–Kier alpha value is -2.74. The number of sulfonamides is 1. The first-order chi connectivity index (χ1) is 16.0. The second kappa shape index (κ2) is 12.1. The Morgan fingerprint density at radius 3 is 2.26 bits per heavy atom. The Morgan fingerprint density at radius 1 is 1.09 bits per heavy atom. The number of benzene rings is 2. The summed E-state index contributed by atoms with van der Waals surface area (Å²) in [5.74, 6) is 1.71. The normalized spacial score (nSPS) is 12.4. The molecular formula is C26H38N2O5S. The molecule has 1 atom stereocenters. The van der Waals surface area contributed by atoms with Crippen molar-refractivity contribution in [2.45, 2.75) is 59.4 Å². The second-order valence-electron chi connectivity index (χ2n) is 8.76. The summed E-state index contributed by atoms with van der Waals surface area (Å²) in [5, 5.41) is 3.05. The van der Waals surface area contributed by atoms with E-state index in [1.807, 2.05) is 26.8 Å². The molecule has 0 spiro atoms. The number of aryl methyl sites for hydroxylation is 1. The standard InChI is InChI=1S/C26H38N2O5S/c1-8-33-22-13-11-21(12-14-22)28(34(7,30)31)15-9-10-26(29)27-20(5)24-17-23(18(2)3)25(32-6)16-19(24)4/h11-14,16-18,20H,8-10,15H2,1-7H3,(H,27,29)/t20-/m0/s1. The van der Waals surface area contributed by atoms with Gasteiger partial charge >= 0.3 is 0 Å². The molecule has 2 rings (SSSR count). The highest BCUT2D eigenvalue weighted by Gasteiger charge is 2.19. The molecule has 0 bridgehead atoms. The minimum Gasteiger partial charge on any atom is -0.496 e. The molecule has 0 unspecified atom stereocenters. The molecule has 2 aromatic carbocycles. The Balaban J connectivity index is 2.02. The summed E-state index contributed by atoms with van der Waals surface area (Å²) < 4.78 is 36.9. The van der Waals surface area contributed by atoms with Gasteiger partial charge in [0, 0.05) is 13.0 Å². The summed E-state index contributed by atoms with van der Waals surface area (Å²) in [6.07, 6.45) is 1.79. The summed E-state index contributed by atoms with van der Waals surface area (Å²) in [6.45, 7) is 10.8. The maximum Gasteiger partial charge on any atom is 0.232 e. The van der Waals surface area contributed by atoms with Crippen molar-refractivity contribution in [3.05, 3.63) is 53.1 Å². The molecule has 0 aliphatic rings. The Kier molecular flexibility index (Phi) is 9.79. The highest BCUT2D eigenvalue weighted by molar-refractivity contribution is 7.92. The van der Waals surface area contributed by atoms with E-state index in [1.165, 1.54) is 10.6 Å². The molecule has 0 aliphatic carbocycles. The first-order valence-electron chi connectivity index (χ1n) is 11.7. The molecule has 0 fully saturated rings. The zero-order valence-electron chi connectivity index (χ0n) is 21.3. The molecule has 2 aromatic rings. The van der Waals surface area contributed by atoms with E-state index in [2.05, 4.69) is 25.2 Å². The van der Waals surface area contributed by atoms with Crippen LogP contribution in [0.15, 0.2) is 36.4 Å². The molecule has 0 heterocycles. The summed E-state index contributed by atoms with van der Waals surface area (Å²) in [6, 6.07) is 10.9. The van der Waals surface area contributed by atoms with Gasteiger partial charge in [-0.1, -0.05) is 13.8 Å². The lowest BCUT2D eigenvalue weighted by Crippen LogP contribution is -2.32. The second-order valence-corrected chi connectivity index (χ2v) is 10.7. The van der Waals surface area contributed by atoms with Gasteiger partial charge in [-0.3, -0.25) is 9.10 Å². The molecule has 188 valence electrons. The van der Waals surface area contributed by atoms with Crippen molar-refractivity contribution in [1.82, 2.24) is 5.32 Å². The minimum absolute atomic E-state index is 0.117. The number of amides is 1. The number of anilines is 1. The maximum atomic E-state index is 12.6. The van der Waals surface area contributed by atoms with Crippen LogP contribution < -0.4 is 19.1 Å². The number of carbonyl (C=O) groups excluding carboxylic acids is 1. The lowest BCUT2D eigenvalue weighted by Gasteiger charge is -2.23. The lowest BCUT2D eigenvalue weighted by molar-refractivity contribution is -0.121. The predicted molar refractivity (Wildman–Crippen MR) is 137 cm³/mol. The molecule has 34 heavy (non-hydrogen) atoms. The van der Waals surface area contributed by atoms with E-state index in [-0.39, 0.29) is 24.9 Å². The third-order valence-electron chi connectivity index (χ3n) is 5.69. The number of nitrogens with zero attached hydrogens (tertiary/aromatic N) is 1. The topological polar surface area (TPSA) is 84.9 Å². The van der Waals surface area contributed by atoms with Crippen molar-refractivity contribution >= 4 is 21.6 Å². The molecule has 1 N–H and O–H groups in total. The molecule has 1 amide bonds. The van der Waals surface area contributed by atoms with E-state index in [0.29, 0.717) is 30.4 Å². The predicted octanol–water partition coefficient (Wildman–Crippen LogP) is 4.95. The first kappa shape index (κ1) is 27.5. The van der Waals surface area contributed by atoms with E-state index in [1.54, 1.807) is 31.4 Å². The number of ether oxygens (including phenoxy) is 2. The summed E-state index contributed by atoms with van der Waals surface area (Å²) in [4.78, 5) is 12.6. The summed E-state index contributed by atoms with van der Waals surface area (Å²) >= 11 is 0. The SMILES string of the molecule is CCOc1ccc(N(CCCC(=O)N[C@@H](C)c2cc(C(C)C)c(OC)cc2C)S(C)(=O)=O)cc1. The maximum absolute atomic E-state index is 12.6. The highest BCUT2D eigenvalue weighted by Crippen LogP contribution is 2.32. The fraction of sp³-hybridized carbons (Fsp3) is 0.500. The summed E-state index contributed by atoms with van der Waals surface area (Å²) in [5.41, 5.74) is 3.75. The third kappa shape index (κ3) is 7.38. The number of hydrogen-bond donors (Lipinski definition) is 1. The third-order valence-corrected chi connectivity index (χ3v) is 6.88. The van der Waals surface area contributed by atoms with Gasteiger partial charge in [0.1, 0.15) is 11.5 Å². The van der Waals surface area contributed by atoms with Crippen LogP contribution in [0.4, 0.5) is 5.69 Å². The van der Waals surface area contributed by atoms with Crippen molar-refractivity contribution < 1.29 is 22.7 Å². The minimum atomic E-state index is -3.48. The Morgan fingerprint density at radius 2 is 1.74 bits per heavy atom. The number of carbonyl (C=O) groups is 1. The van der Waals surface area contributed by atoms with Crippen molar-refractivity contribution in [3.63, 3.8) is 0 Å². The van der Waals surface area contributed by atoms with Gasteiger partial charge < -0.3 is 14.8 Å². The number of rotatable bonds is 12. The molecule has 7 nitrogen and oxygen atoms in total. The van der Waals surface area contributed by atoms with Gasteiger partial charge in [0.2, 0.25) is 15.9 Å². The van der Waals surface area contributed by atoms with Gasteiger partial charge in [-0.2, -0.15) is 0 Å². The number of methoxy groups -OCH3 is 1. The molecule has 0 saturated heterocycles. The van der Waals surface area contributed by atoms with E-state index >= 15 is 0 Å². The van der Waals surface area contributed by atoms with E-state index < -0.39 is 10.0 Å².